The van der Waals surface area contributed by atoms with Gasteiger partial charge in [-0.2, -0.15) is 0 Å². The highest BCUT2D eigenvalue weighted by molar-refractivity contribution is 5.65. The highest BCUT2D eigenvalue weighted by atomic mass is 16.5. The Morgan fingerprint density at radius 2 is 2.15 bits per heavy atom. The second-order valence-corrected chi connectivity index (χ2v) is 4.96. The fourth-order valence-electron chi connectivity index (χ4n) is 2.10. The number of hydrogen-bond donors (Lipinski definition) is 1. The van der Waals surface area contributed by atoms with Gasteiger partial charge < -0.3 is 19.5 Å². The van der Waals surface area contributed by atoms with Gasteiger partial charge in [0, 0.05) is 51.5 Å². The summed E-state index contributed by atoms with van der Waals surface area (Å²) in [6.45, 7) is 3.56. The Balaban J connectivity index is 2.18. The number of anilines is 3. The van der Waals surface area contributed by atoms with E-state index in [9.17, 15) is 0 Å². The van der Waals surface area contributed by atoms with Gasteiger partial charge in [0.2, 0.25) is 5.95 Å². The lowest BCUT2D eigenvalue weighted by Gasteiger charge is -2.17. The summed E-state index contributed by atoms with van der Waals surface area (Å²) >= 11 is 0. The monoisotopic (exact) mass is 274 g/mol. The third kappa shape index (κ3) is 3.30. The summed E-state index contributed by atoms with van der Waals surface area (Å²) in [5.74, 6) is 0.829. The van der Waals surface area contributed by atoms with Crippen molar-refractivity contribution in [1.82, 2.24) is 9.55 Å². The van der Waals surface area contributed by atoms with Crippen LogP contribution in [-0.2, 0) is 11.3 Å². The maximum Gasteiger partial charge on any atom is 0.207 e. The molecular weight excluding hydrogens is 252 g/mol. The molecule has 108 valence electrons. The van der Waals surface area contributed by atoms with Crippen LogP contribution in [0.4, 0.5) is 17.3 Å². The predicted octanol–water partition coefficient (Wildman–Crippen LogP) is 2.65. The number of hydrogen-bond acceptors (Lipinski definition) is 4. The van der Waals surface area contributed by atoms with Gasteiger partial charge in [0.15, 0.2) is 0 Å². The SMILES string of the molecule is COCCn1ccnc1Nc1ccc(C)c(N(C)C)c1. The summed E-state index contributed by atoms with van der Waals surface area (Å²) in [6.07, 6.45) is 3.74. The van der Waals surface area contributed by atoms with E-state index in [0.29, 0.717) is 6.61 Å². The number of methoxy groups -OCH3 is 1. The maximum absolute atomic E-state index is 5.10. The lowest BCUT2D eigenvalue weighted by atomic mass is 10.1. The number of ether oxygens (including phenoxy) is 1. The van der Waals surface area contributed by atoms with Crippen LogP contribution in [0, 0.1) is 6.92 Å². The molecule has 5 nitrogen and oxygen atoms in total. The Labute approximate surface area is 120 Å². The minimum atomic E-state index is 0.669. The lowest BCUT2D eigenvalue weighted by molar-refractivity contribution is 0.188. The Kier molecular flexibility index (Phi) is 4.63. The second kappa shape index (κ2) is 6.43. The minimum absolute atomic E-state index is 0.669. The molecule has 0 fully saturated rings. The summed E-state index contributed by atoms with van der Waals surface area (Å²) < 4.78 is 7.14. The Morgan fingerprint density at radius 1 is 1.35 bits per heavy atom. The molecule has 2 rings (SSSR count). The molecule has 0 aliphatic rings. The molecule has 0 bridgehead atoms. The van der Waals surface area contributed by atoms with Gasteiger partial charge in [-0.1, -0.05) is 6.07 Å². The molecule has 0 unspecified atom stereocenters. The number of imidazole rings is 1. The van der Waals surface area contributed by atoms with E-state index < -0.39 is 0 Å². The quantitative estimate of drug-likeness (QED) is 0.879. The zero-order valence-corrected chi connectivity index (χ0v) is 12.6. The van der Waals surface area contributed by atoms with Crippen molar-refractivity contribution in [3.63, 3.8) is 0 Å². The van der Waals surface area contributed by atoms with Gasteiger partial charge in [-0.05, 0) is 24.6 Å². The highest BCUT2D eigenvalue weighted by Gasteiger charge is 2.06. The van der Waals surface area contributed by atoms with Crippen LogP contribution < -0.4 is 10.2 Å². The molecule has 1 aromatic heterocycles. The van der Waals surface area contributed by atoms with E-state index in [1.807, 2.05) is 24.9 Å². The molecule has 0 aliphatic heterocycles. The van der Waals surface area contributed by atoms with Crippen molar-refractivity contribution in [2.24, 2.45) is 0 Å². The van der Waals surface area contributed by atoms with Crippen LogP contribution in [-0.4, -0.2) is 37.4 Å². The van der Waals surface area contributed by atoms with E-state index in [2.05, 4.69) is 40.3 Å². The third-order valence-corrected chi connectivity index (χ3v) is 3.20. The lowest BCUT2D eigenvalue weighted by Crippen LogP contribution is -2.11. The summed E-state index contributed by atoms with van der Waals surface area (Å²) in [5, 5.41) is 3.35. The first kappa shape index (κ1) is 14.4. The van der Waals surface area contributed by atoms with Crippen molar-refractivity contribution >= 4 is 17.3 Å². The first-order chi connectivity index (χ1) is 9.61. The first-order valence-corrected chi connectivity index (χ1v) is 6.67. The number of nitrogens with zero attached hydrogens (tertiary/aromatic N) is 3. The van der Waals surface area contributed by atoms with E-state index in [0.717, 1.165) is 18.2 Å². The third-order valence-electron chi connectivity index (χ3n) is 3.20. The zero-order valence-electron chi connectivity index (χ0n) is 12.6. The van der Waals surface area contributed by atoms with Gasteiger partial charge in [-0.15, -0.1) is 0 Å². The van der Waals surface area contributed by atoms with Crippen molar-refractivity contribution in [3.8, 4) is 0 Å². The molecule has 1 aromatic carbocycles. The first-order valence-electron chi connectivity index (χ1n) is 6.67. The van der Waals surface area contributed by atoms with Crippen LogP contribution in [0.25, 0.3) is 0 Å². The molecule has 0 radical (unpaired) electrons. The van der Waals surface area contributed by atoms with E-state index >= 15 is 0 Å². The van der Waals surface area contributed by atoms with Gasteiger partial charge >= 0.3 is 0 Å². The summed E-state index contributed by atoms with van der Waals surface area (Å²) in [5.41, 5.74) is 3.48. The normalized spacial score (nSPS) is 10.6. The molecule has 0 amide bonds. The molecular formula is C15H22N4O. The van der Waals surface area contributed by atoms with Gasteiger partial charge in [0.1, 0.15) is 0 Å². The zero-order chi connectivity index (χ0) is 14.5. The summed E-state index contributed by atoms with van der Waals surface area (Å²) in [6, 6.07) is 6.31. The molecule has 0 atom stereocenters. The standard InChI is InChI=1S/C15H22N4O/c1-12-5-6-13(11-14(12)18(2)3)17-15-16-7-8-19(15)9-10-20-4/h5-8,11H,9-10H2,1-4H3,(H,16,17). The van der Waals surface area contributed by atoms with Crippen molar-refractivity contribution in [1.29, 1.82) is 0 Å². The number of aromatic nitrogens is 2. The largest absolute Gasteiger partial charge is 0.383 e. The number of nitrogens with one attached hydrogen (secondary N) is 1. The van der Waals surface area contributed by atoms with Crippen LogP contribution in [0.3, 0.4) is 0 Å². The van der Waals surface area contributed by atoms with Crippen LogP contribution in [0.1, 0.15) is 5.56 Å². The van der Waals surface area contributed by atoms with Gasteiger partial charge in [0.25, 0.3) is 0 Å². The molecule has 0 saturated heterocycles. The fourth-order valence-corrected chi connectivity index (χ4v) is 2.10. The van der Waals surface area contributed by atoms with Crippen molar-refractivity contribution in [3.05, 3.63) is 36.2 Å². The predicted molar refractivity (Wildman–Crippen MR) is 82.9 cm³/mol. The van der Waals surface area contributed by atoms with E-state index in [-0.39, 0.29) is 0 Å². The molecule has 1 heterocycles. The number of benzene rings is 1. The van der Waals surface area contributed by atoms with E-state index in [1.165, 1.54) is 11.3 Å². The molecule has 2 aromatic rings. The van der Waals surface area contributed by atoms with E-state index in [4.69, 9.17) is 4.74 Å². The topological polar surface area (TPSA) is 42.3 Å². The summed E-state index contributed by atoms with van der Waals surface area (Å²) in [7, 11) is 5.80. The molecule has 5 heteroatoms. The van der Waals surface area contributed by atoms with Gasteiger partial charge in [-0.3, -0.25) is 0 Å². The number of rotatable bonds is 6. The second-order valence-electron chi connectivity index (χ2n) is 4.96. The summed E-state index contributed by atoms with van der Waals surface area (Å²) in [4.78, 5) is 6.45. The minimum Gasteiger partial charge on any atom is -0.383 e. The van der Waals surface area contributed by atoms with Gasteiger partial charge in [-0.25, -0.2) is 4.98 Å². The van der Waals surface area contributed by atoms with Crippen LogP contribution in [0.5, 0.6) is 0 Å². The molecule has 20 heavy (non-hydrogen) atoms. The Morgan fingerprint density at radius 3 is 2.85 bits per heavy atom. The average molecular weight is 274 g/mol. The van der Waals surface area contributed by atoms with Crippen LogP contribution in [0.2, 0.25) is 0 Å². The highest BCUT2D eigenvalue weighted by Crippen LogP contribution is 2.24. The Hall–Kier alpha value is -2.01. The fraction of sp³-hybridized carbons (Fsp3) is 0.400. The molecule has 1 N–H and O–H groups in total. The van der Waals surface area contributed by atoms with Crippen LogP contribution in [0.15, 0.2) is 30.6 Å². The maximum atomic E-state index is 5.10. The van der Waals surface area contributed by atoms with Gasteiger partial charge in [0.05, 0.1) is 6.61 Å². The van der Waals surface area contributed by atoms with Crippen LogP contribution >= 0.6 is 0 Å². The molecule has 0 spiro atoms. The van der Waals surface area contributed by atoms with Crippen molar-refractivity contribution in [2.45, 2.75) is 13.5 Å². The average Bonchev–Trinajstić information content (AvgIpc) is 2.85. The Bertz CT molecular complexity index is 563. The van der Waals surface area contributed by atoms with Crippen molar-refractivity contribution in [2.75, 3.05) is 38.0 Å². The van der Waals surface area contributed by atoms with E-state index in [1.54, 1.807) is 13.3 Å². The van der Waals surface area contributed by atoms with Crippen molar-refractivity contribution < 1.29 is 4.74 Å². The molecule has 0 aliphatic carbocycles. The number of aryl methyl sites for hydroxylation is 1. The smallest absolute Gasteiger partial charge is 0.207 e. The molecule has 0 saturated carbocycles.